The van der Waals surface area contributed by atoms with E-state index in [0.29, 0.717) is 11.3 Å². The van der Waals surface area contributed by atoms with E-state index in [1.54, 1.807) is 5.51 Å². The van der Waals surface area contributed by atoms with Crippen molar-refractivity contribution in [2.75, 3.05) is 5.32 Å². The van der Waals surface area contributed by atoms with E-state index in [9.17, 15) is 9.90 Å². The Balaban J connectivity index is 1.49. The third kappa shape index (κ3) is 2.66. The highest BCUT2D eigenvalue weighted by Gasteiger charge is 2.43. The SMILES string of the molecule is O=C(N[C@@H]1CC[C@H]2Oc3ccccc3N[C@H]2[C@@H]1O)c1cncs1. The monoisotopic (exact) mass is 331 g/mol. The molecule has 0 saturated heterocycles. The van der Waals surface area contributed by atoms with Crippen LogP contribution in [0.15, 0.2) is 36.0 Å². The van der Waals surface area contributed by atoms with E-state index in [-0.39, 0.29) is 24.1 Å². The molecule has 23 heavy (non-hydrogen) atoms. The number of amides is 1. The first-order valence-electron chi connectivity index (χ1n) is 7.62. The number of nitrogens with one attached hydrogen (secondary N) is 2. The topological polar surface area (TPSA) is 83.5 Å². The van der Waals surface area contributed by atoms with Gasteiger partial charge >= 0.3 is 0 Å². The number of aliphatic hydroxyl groups excluding tert-OH is 1. The van der Waals surface area contributed by atoms with Crippen molar-refractivity contribution in [2.45, 2.75) is 37.1 Å². The lowest BCUT2D eigenvalue weighted by atomic mass is 9.84. The Labute approximate surface area is 137 Å². The lowest BCUT2D eigenvalue weighted by Gasteiger charge is -2.44. The van der Waals surface area contributed by atoms with Gasteiger partial charge in [0.05, 0.1) is 35.6 Å². The van der Waals surface area contributed by atoms with Gasteiger partial charge in [-0.05, 0) is 25.0 Å². The predicted molar refractivity (Wildman–Crippen MR) is 86.9 cm³/mol. The lowest BCUT2D eigenvalue weighted by molar-refractivity contribution is 0.00965. The Hall–Kier alpha value is -2.12. The Kier molecular flexibility index (Phi) is 3.66. The van der Waals surface area contributed by atoms with E-state index in [2.05, 4.69) is 15.6 Å². The minimum Gasteiger partial charge on any atom is -0.486 e. The van der Waals surface area contributed by atoms with Gasteiger partial charge in [-0.15, -0.1) is 11.3 Å². The minimum atomic E-state index is -0.709. The molecule has 2 aliphatic rings. The van der Waals surface area contributed by atoms with Crippen LogP contribution in [-0.4, -0.2) is 40.3 Å². The fourth-order valence-electron chi connectivity index (χ4n) is 3.23. The molecule has 0 bridgehead atoms. The molecular formula is C16H17N3O3S. The fourth-order valence-corrected chi connectivity index (χ4v) is 3.75. The number of fused-ring (bicyclic) bond motifs is 2. The molecule has 1 saturated carbocycles. The van der Waals surface area contributed by atoms with E-state index in [1.807, 2.05) is 24.3 Å². The number of nitrogens with zero attached hydrogens (tertiary/aromatic N) is 1. The molecule has 2 aromatic rings. The van der Waals surface area contributed by atoms with E-state index in [0.717, 1.165) is 17.9 Å². The Bertz CT molecular complexity index is 706. The molecule has 1 fully saturated rings. The van der Waals surface area contributed by atoms with Gasteiger partial charge in [0.15, 0.2) is 0 Å². The molecule has 1 aromatic heterocycles. The molecule has 1 aliphatic heterocycles. The molecule has 7 heteroatoms. The Morgan fingerprint density at radius 2 is 2.26 bits per heavy atom. The van der Waals surface area contributed by atoms with Gasteiger partial charge in [-0.1, -0.05) is 12.1 Å². The Morgan fingerprint density at radius 3 is 3.09 bits per heavy atom. The molecule has 0 unspecified atom stereocenters. The van der Waals surface area contributed by atoms with Gasteiger partial charge in [0.1, 0.15) is 16.7 Å². The van der Waals surface area contributed by atoms with Gasteiger partial charge in [-0.25, -0.2) is 0 Å². The van der Waals surface area contributed by atoms with E-state index < -0.39 is 6.10 Å². The highest BCUT2D eigenvalue weighted by Crippen LogP contribution is 2.36. The van der Waals surface area contributed by atoms with Gasteiger partial charge in [0, 0.05) is 0 Å². The number of carbonyl (C=O) groups is 1. The fraction of sp³-hybridized carbons (Fsp3) is 0.375. The summed E-state index contributed by atoms with van der Waals surface area (Å²) < 4.78 is 5.99. The summed E-state index contributed by atoms with van der Waals surface area (Å²) in [6.07, 6.45) is 2.19. The number of thiazole rings is 1. The predicted octanol–water partition coefficient (Wildman–Crippen LogP) is 1.64. The number of benzene rings is 1. The second-order valence-corrected chi connectivity index (χ2v) is 6.72. The van der Waals surface area contributed by atoms with Crippen molar-refractivity contribution in [3.8, 4) is 5.75 Å². The van der Waals surface area contributed by atoms with Gasteiger partial charge in [0.25, 0.3) is 5.91 Å². The summed E-state index contributed by atoms with van der Waals surface area (Å²) in [4.78, 5) is 16.6. The molecular weight excluding hydrogens is 314 g/mol. The van der Waals surface area contributed by atoms with Crippen molar-refractivity contribution in [1.29, 1.82) is 0 Å². The van der Waals surface area contributed by atoms with Gasteiger partial charge in [-0.3, -0.25) is 9.78 Å². The number of para-hydroxylation sites is 2. The zero-order valence-corrected chi connectivity index (χ0v) is 13.1. The average Bonchev–Trinajstić information content (AvgIpc) is 3.11. The number of aromatic nitrogens is 1. The van der Waals surface area contributed by atoms with Gasteiger partial charge in [0.2, 0.25) is 0 Å². The number of rotatable bonds is 2. The standard InChI is InChI=1S/C16H17N3O3S/c20-15-10(19-16(21)13-7-17-8-23-13)5-6-12-14(15)18-9-3-1-2-4-11(9)22-12/h1-4,7-8,10,12,14-15,18,20H,5-6H2,(H,19,21)/t10-,12-,14-,15-/m1/s1. The molecule has 2 heterocycles. The molecule has 120 valence electrons. The second-order valence-electron chi connectivity index (χ2n) is 5.84. The van der Waals surface area contributed by atoms with Crippen LogP contribution >= 0.6 is 11.3 Å². The maximum absolute atomic E-state index is 12.2. The van der Waals surface area contributed by atoms with E-state index in [4.69, 9.17) is 4.74 Å². The number of hydrogen-bond acceptors (Lipinski definition) is 6. The number of aliphatic hydroxyl groups is 1. The zero-order chi connectivity index (χ0) is 15.8. The quantitative estimate of drug-likeness (QED) is 0.779. The molecule has 1 aliphatic carbocycles. The maximum atomic E-state index is 12.2. The summed E-state index contributed by atoms with van der Waals surface area (Å²) in [6, 6.07) is 7.17. The second kappa shape index (κ2) is 5.82. The number of carbonyl (C=O) groups excluding carboxylic acids is 1. The van der Waals surface area contributed by atoms with Crippen LogP contribution < -0.4 is 15.4 Å². The van der Waals surface area contributed by atoms with Crippen molar-refractivity contribution >= 4 is 22.9 Å². The molecule has 0 spiro atoms. The van der Waals surface area contributed by atoms with Crippen molar-refractivity contribution in [3.05, 3.63) is 40.8 Å². The van der Waals surface area contributed by atoms with Crippen LogP contribution in [0.3, 0.4) is 0 Å². The van der Waals surface area contributed by atoms with Crippen LogP contribution in [0.5, 0.6) is 5.75 Å². The van der Waals surface area contributed by atoms with Crippen molar-refractivity contribution in [3.63, 3.8) is 0 Å². The molecule has 1 amide bonds. The van der Waals surface area contributed by atoms with Crippen molar-refractivity contribution < 1.29 is 14.6 Å². The van der Waals surface area contributed by atoms with E-state index >= 15 is 0 Å². The molecule has 3 N–H and O–H groups in total. The average molecular weight is 331 g/mol. The summed E-state index contributed by atoms with van der Waals surface area (Å²) in [5.74, 6) is 0.625. The normalized spacial score (nSPS) is 28.7. The van der Waals surface area contributed by atoms with Gasteiger partial charge < -0.3 is 20.5 Å². The molecule has 4 atom stereocenters. The van der Waals surface area contributed by atoms with Gasteiger partial charge in [-0.2, -0.15) is 0 Å². The third-order valence-corrected chi connectivity index (χ3v) is 5.17. The summed E-state index contributed by atoms with van der Waals surface area (Å²) in [6.45, 7) is 0. The Morgan fingerprint density at radius 1 is 1.39 bits per heavy atom. The summed E-state index contributed by atoms with van der Waals surface area (Å²) in [5, 5.41) is 16.9. The first-order valence-corrected chi connectivity index (χ1v) is 8.50. The third-order valence-electron chi connectivity index (χ3n) is 4.40. The summed E-state index contributed by atoms with van der Waals surface area (Å²) >= 11 is 1.29. The maximum Gasteiger partial charge on any atom is 0.263 e. The van der Waals surface area contributed by atoms with Crippen LogP contribution in [-0.2, 0) is 0 Å². The number of hydrogen-bond donors (Lipinski definition) is 3. The number of ether oxygens (including phenoxy) is 1. The largest absolute Gasteiger partial charge is 0.486 e. The molecule has 0 radical (unpaired) electrons. The summed E-state index contributed by atoms with van der Waals surface area (Å²) in [7, 11) is 0. The zero-order valence-electron chi connectivity index (χ0n) is 12.3. The smallest absolute Gasteiger partial charge is 0.263 e. The van der Waals surface area contributed by atoms with Crippen molar-refractivity contribution in [2.24, 2.45) is 0 Å². The molecule has 1 aromatic carbocycles. The van der Waals surface area contributed by atoms with Crippen molar-refractivity contribution in [1.82, 2.24) is 10.3 Å². The molecule has 6 nitrogen and oxygen atoms in total. The van der Waals surface area contributed by atoms with Crippen LogP contribution in [0.2, 0.25) is 0 Å². The lowest BCUT2D eigenvalue weighted by Crippen LogP contribution is -2.61. The summed E-state index contributed by atoms with van der Waals surface area (Å²) in [5.41, 5.74) is 2.50. The van der Waals surface area contributed by atoms with E-state index in [1.165, 1.54) is 17.5 Å². The first kappa shape index (κ1) is 14.5. The highest BCUT2D eigenvalue weighted by molar-refractivity contribution is 7.11. The first-order chi connectivity index (χ1) is 11.2. The minimum absolute atomic E-state index is 0.0866. The van der Waals surface area contributed by atoms with Crippen LogP contribution in [0, 0.1) is 0 Å². The number of anilines is 1. The van der Waals surface area contributed by atoms with Crippen LogP contribution in [0.1, 0.15) is 22.5 Å². The molecule has 4 rings (SSSR count). The van der Waals surface area contributed by atoms with Crippen LogP contribution in [0.4, 0.5) is 5.69 Å². The van der Waals surface area contributed by atoms with Crippen LogP contribution in [0.25, 0.3) is 0 Å². The highest BCUT2D eigenvalue weighted by atomic mass is 32.1.